The van der Waals surface area contributed by atoms with Crippen LogP contribution in [0.2, 0.25) is 0 Å². The number of phosphoric acid groups is 1. The summed E-state index contributed by atoms with van der Waals surface area (Å²) in [6.07, 6.45) is 30.1. The van der Waals surface area contributed by atoms with E-state index in [-0.39, 0.29) is 25.8 Å². The van der Waals surface area contributed by atoms with Gasteiger partial charge in [0.25, 0.3) is 7.82 Å². The zero-order valence-electron chi connectivity index (χ0n) is 30.1. The number of likely N-dealkylation sites (N-methyl/N-ethyl adjacent to an activating group) is 1. The van der Waals surface area contributed by atoms with Crippen molar-refractivity contribution in [1.29, 1.82) is 0 Å². The molecule has 0 bridgehead atoms. The minimum atomic E-state index is -4.49. The average molecular weight is 662 g/mol. The van der Waals surface area contributed by atoms with E-state index < -0.39 is 13.9 Å². The van der Waals surface area contributed by atoms with Gasteiger partial charge in [-0.15, -0.1) is 0 Å². The van der Waals surface area contributed by atoms with Crippen LogP contribution in [0.5, 0.6) is 0 Å². The molecule has 2 atom stereocenters. The number of rotatable bonds is 34. The number of carbonyl (C=O) groups is 1. The molecule has 0 aliphatic heterocycles. The molecule has 0 saturated carbocycles. The molecule has 0 aromatic carbocycles. The molecule has 45 heavy (non-hydrogen) atoms. The molecule has 0 aliphatic rings. The summed E-state index contributed by atoms with van der Waals surface area (Å²) in [5.74, 6) is -0.358. The lowest BCUT2D eigenvalue weighted by atomic mass is 10.1. The predicted molar refractivity (Wildman–Crippen MR) is 185 cm³/mol. The fourth-order valence-electron chi connectivity index (χ4n) is 4.89. The third-order valence-electron chi connectivity index (χ3n) is 7.82. The molecule has 0 aliphatic carbocycles. The number of unbranched alkanes of at least 4 members (excludes halogenated alkanes) is 18. The number of allylic oxidation sites excluding steroid dienone is 2. The van der Waals surface area contributed by atoms with Crippen LogP contribution >= 0.6 is 7.82 Å². The van der Waals surface area contributed by atoms with Gasteiger partial charge in [0.05, 0.1) is 34.4 Å². The zero-order valence-corrected chi connectivity index (χ0v) is 31.0. The Kier molecular flexibility index (Phi) is 30.0. The lowest BCUT2D eigenvalue weighted by Crippen LogP contribution is -2.37. The van der Waals surface area contributed by atoms with Gasteiger partial charge in [-0.25, -0.2) is 0 Å². The number of phosphoric ester groups is 1. The lowest BCUT2D eigenvalue weighted by Gasteiger charge is -2.28. The van der Waals surface area contributed by atoms with E-state index in [1.807, 2.05) is 21.1 Å². The van der Waals surface area contributed by atoms with Crippen molar-refractivity contribution in [1.82, 2.24) is 0 Å². The van der Waals surface area contributed by atoms with Gasteiger partial charge in [0.1, 0.15) is 19.3 Å². The molecular formula is C36H72NO7P. The summed E-state index contributed by atoms with van der Waals surface area (Å²) in [5, 5.41) is 0. The Bertz CT molecular complexity index is 741. The van der Waals surface area contributed by atoms with Gasteiger partial charge < -0.3 is 27.9 Å². The fraction of sp³-hybridized carbons (Fsp3) is 0.917. The monoisotopic (exact) mass is 662 g/mol. The van der Waals surface area contributed by atoms with Crippen molar-refractivity contribution in [3.05, 3.63) is 12.2 Å². The quantitative estimate of drug-likeness (QED) is 0.0223. The zero-order chi connectivity index (χ0) is 33.5. The van der Waals surface area contributed by atoms with Crippen LogP contribution in [0.15, 0.2) is 12.2 Å². The molecule has 0 fully saturated rings. The number of carbonyl (C=O) groups excluding carboxylic acids is 1. The van der Waals surface area contributed by atoms with Crippen LogP contribution in [0.25, 0.3) is 0 Å². The summed E-state index contributed by atoms with van der Waals surface area (Å²) in [4.78, 5) is 24.4. The van der Waals surface area contributed by atoms with E-state index in [0.29, 0.717) is 24.1 Å². The summed E-state index contributed by atoms with van der Waals surface area (Å²) in [6.45, 7) is 5.23. The van der Waals surface area contributed by atoms with Gasteiger partial charge in [-0.2, -0.15) is 0 Å². The van der Waals surface area contributed by atoms with Gasteiger partial charge in [-0.05, 0) is 38.5 Å². The van der Waals surface area contributed by atoms with E-state index in [2.05, 4.69) is 26.0 Å². The third kappa shape index (κ3) is 34.4. The number of nitrogens with zero attached hydrogens (tertiary/aromatic N) is 1. The van der Waals surface area contributed by atoms with Gasteiger partial charge in [0.15, 0.2) is 0 Å². The Morgan fingerprint density at radius 1 is 0.667 bits per heavy atom. The Balaban J connectivity index is 3.92. The molecule has 0 amide bonds. The molecule has 268 valence electrons. The molecule has 0 N–H and O–H groups in total. The van der Waals surface area contributed by atoms with Gasteiger partial charge >= 0.3 is 5.97 Å². The van der Waals surface area contributed by atoms with Crippen molar-refractivity contribution in [2.75, 3.05) is 54.1 Å². The van der Waals surface area contributed by atoms with Gasteiger partial charge in [0.2, 0.25) is 0 Å². The minimum absolute atomic E-state index is 0.0273. The normalized spacial score (nSPS) is 14.2. The van der Waals surface area contributed by atoms with E-state index in [9.17, 15) is 14.3 Å². The van der Waals surface area contributed by atoms with Gasteiger partial charge in [0, 0.05) is 13.0 Å². The Labute approximate surface area is 278 Å². The van der Waals surface area contributed by atoms with E-state index in [1.54, 1.807) is 0 Å². The van der Waals surface area contributed by atoms with Crippen LogP contribution < -0.4 is 4.89 Å². The summed E-state index contributed by atoms with van der Waals surface area (Å²) < 4.78 is 34.0. The van der Waals surface area contributed by atoms with Crippen molar-refractivity contribution in [2.24, 2.45) is 0 Å². The van der Waals surface area contributed by atoms with Crippen LogP contribution in [-0.2, 0) is 27.9 Å². The molecule has 0 rings (SSSR count). The highest BCUT2D eigenvalue weighted by atomic mass is 31.2. The van der Waals surface area contributed by atoms with Crippen LogP contribution in [-0.4, -0.2) is 70.7 Å². The van der Waals surface area contributed by atoms with E-state index in [1.165, 1.54) is 103 Å². The molecule has 2 unspecified atom stereocenters. The van der Waals surface area contributed by atoms with E-state index in [0.717, 1.165) is 32.1 Å². The maximum atomic E-state index is 12.2. The Morgan fingerprint density at radius 2 is 1.16 bits per heavy atom. The summed E-state index contributed by atoms with van der Waals surface area (Å²) in [7, 11) is 1.36. The van der Waals surface area contributed by atoms with E-state index in [4.69, 9.17) is 18.5 Å². The molecule has 0 aromatic rings. The standard InChI is InChI=1S/C36H72NO7P/c1-6-8-10-11-12-13-14-15-16-17-18-19-20-21-22-23-24-25-26-28-31-41-33-35(44-36(38)29-27-9-7-2)34-43-45(39,40)42-32-30-37(3,4)5/h15-16,35H,6-14,17-34H2,1-5H3/b16-15-. The first kappa shape index (κ1) is 44.2. The molecule has 0 radical (unpaired) electrons. The predicted octanol–water partition coefficient (Wildman–Crippen LogP) is 9.30. The number of hydrogen-bond donors (Lipinski definition) is 0. The molecule has 0 aromatic heterocycles. The SMILES string of the molecule is CCCCCCCC/C=C\CCCCCCCCCCCCOCC(COP(=O)([O-])OCC[N+](C)(C)C)OC(=O)CCCCC. The van der Waals surface area contributed by atoms with Crippen LogP contribution in [0.3, 0.4) is 0 Å². The Morgan fingerprint density at radius 3 is 1.69 bits per heavy atom. The second-order valence-corrected chi connectivity index (χ2v) is 15.0. The number of quaternary nitrogens is 1. The smallest absolute Gasteiger partial charge is 0.306 e. The fourth-order valence-corrected chi connectivity index (χ4v) is 5.62. The molecule has 0 saturated heterocycles. The van der Waals surface area contributed by atoms with Gasteiger partial charge in [-0.1, -0.05) is 122 Å². The van der Waals surface area contributed by atoms with Crippen molar-refractivity contribution in [3.63, 3.8) is 0 Å². The maximum Gasteiger partial charge on any atom is 0.306 e. The first-order valence-electron chi connectivity index (χ1n) is 18.4. The summed E-state index contributed by atoms with van der Waals surface area (Å²) >= 11 is 0. The van der Waals surface area contributed by atoms with Crippen LogP contribution in [0.1, 0.15) is 155 Å². The van der Waals surface area contributed by atoms with Crippen LogP contribution in [0.4, 0.5) is 0 Å². The van der Waals surface area contributed by atoms with E-state index >= 15 is 0 Å². The number of esters is 1. The van der Waals surface area contributed by atoms with Crippen molar-refractivity contribution < 1.29 is 37.3 Å². The molecule has 0 heterocycles. The minimum Gasteiger partial charge on any atom is -0.756 e. The molecule has 8 nitrogen and oxygen atoms in total. The highest BCUT2D eigenvalue weighted by molar-refractivity contribution is 7.45. The first-order valence-corrected chi connectivity index (χ1v) is 19.9. The molecule has 0 spiro atoms. The molecule has 9 heteroatoms. The topological polar surface area (TPSA) is 94.1 Å². The largest absolute Gasteiger partial charge is 0.756 e. The highest BCUT2D eigenvalue weighted by Crippen LogP contribution is 2.38. The third-order valence-corrected chi connectivity index (χ3v) is 8.78. The van der Waals surface area contributed by atoms with Gasteiger partial charge in [-0.3, -0.25) is 9.36 Å². The second-order valence-electron chi connectivity index (χ2n) is 13.6. The van der Waals surface area contributed by atoms with Crippen molar-refractivity contribution in [3.8, 4) is 0 Å². The van der Waals surface area contributed by atoms with Crippen molar-refractivity contribution >= 4 is 13.8 Å². The maximum absolute atomic E-state index is 12.2. The summed E-state index contributed by atoms with van der Waals surface area (Å²) in [5.41, 5.74) is 0. The number of ether oxygens (including phenoxy) is 2. The lowest BCUT2D eigenvalue weighted by molar-refractivity contribution is -0.870. The van der Waals surface area contributed by atoms with Crippen LogP contribution in [0, 0.1) is 0 Å². The Hall–Kier alpha value is -0.760. The highest BCUT2D eigenvalue weighted by Gasteiger charge is 2.20. The van der Waals surface area contributed by atoms with Crippen molar-refractivity contribution in [2.45, 2.75) is 161 Å². The number of hydrogen-bond acceptors (Lipinski definition) is 7. The summed E-state index contributed by atoms with van der Waals surface area (Å²) in [6, 6.07) is 0. The second kappa shape index (κ2) is 30.6. The first-order chi connectivity index (χ1) is 21.6. The molecular weight excluding hydrogens is 589 g/mol. The average Bonchev–Trinajstić information content (AvgIpc) is 2.97.